The van der Waals surface area contributed by atoms with Crippen LogP contribution in [0.25, 0.3) is 27.5 Å². The topological polar surface area (TPSA) is 14.2 Å². The van der Waals surface area contributed by atoms with E-state index in [4.69, 9.17) is 4.74 Å². The lowest BCUT2D eigenvalue weighted by molar-refractivity contribution is 0.232. The van der Waals surface area contributed by atoms with Gasteiger partial charge in [0.15, 0.2) is 0 Å². The van der Waals surface area contributed by atoms with Gasteiger partial charge in [-0.1, -0.05) is 101 Å². The van der Waals surface area contributed by atoms with Crippen molar-refractivity contribution >= 4 is 53.7 Å². The largest absolute Gasteiger partial charge is 0.493 e. The molecule has 4 heteroatoms. The van der Waals surface area contributed by atoms with Crippen LogP contribution in [0.3, 0.4) is 0 Å². The maximum atomic E-state index is 6.41. The number of benzene rings is 3. The second kappa shape index (κ2) is 10.9. The van der Waals surface area contributed by atoms with Crippen LogP contribution in [0.2, 0.25) is 0 Å². The molecular formula is C28H31Br2NO. The number of rotatable bonds is 10. The number of fused-ring (bicyclic) bond motifs is 3. The van der Waals surface area contributed by atoms with Gasteiger partial charge in [-0.2, -0.15) is 0 Å². The summed E-state index contributed by atoms with van der Waals surface area (Å²) in [7, 11) is 0. The van der Waals surface area contributed by atoms with Crippen molar-refractivity contribution < 1.29 is 4.74 Å². The molecule has 32 heavy (non-hydrogen) atoms. The summed E-state index contributed by atoms with van der Waals surface area (Å²) < 4.78 is 8.80. The first-order valence-electron chi connectivity index (χ1n) is 11.6. The molecule has 0 spiro atoms. The number of para-hydroxylation sites is 2. The number of nitrogens with zero attached hydrogens (tertiary/aromatic N) is 1. The molecule has 0 radical (unpaired) electrons. The highest BCUT2D eigenvalue weighted by Gasteiger charge is 2.17. The lowest BCUT2D eigenvalue weighted by Crippen LogP contribution is -2.12. The van der Waals surface area contributed by atoms with Crippen LogP contribution < -0.4 is 4.74 Å². The SMILES string of the molecule is CCCCC(CC)COc1cc(CBr)c(-n2c3ccccc3c3ccccc32)cc1CBr. The molecule has 0 fully saturated rings. The lowest BCUT2D eigenvalue weighted by Gasteiger charge is -2.20. The lowest BCUT2D eigenvalue weighted by atomic mass is 10.0. The Morgan fingerprint density at radius 2 is 1.47 bits per heavy atom. The molecule has 0 aliphatic carbocycles. The van der Waals surface area contributed by atoms with Gasteiger partial charge < -0.3 is 9.30 Å². The summed E-state index contributed by atoms with van der Waals surface area (Å²) in [5.41, 5.74) is 6.10. The molecule has 1 atom stereocenters. The Morgan fingerprint density at radius 1 is 0.844 bits per heavy atom. The van der Waals surface area contributed by atoms with E-state index in [2.05, 4.69) is 111 Å². The normalized spacial score (nSPS) is 12.5. The predicted octanol–water partition coefficient (Wildman–Crippen LogP) is 9.17. The summed E-state index contributed by atoms with van der Waals surface area (Å²) in [6.07, 6.45) is 4.91. The van der Waals surface area contributed by atoms with E-state index in [1.165, 1.54) is 57.9 Å². The molecule has 0 aliphatic rings. The summed E-state index contributed by atoms with van der Waals surface area (Å²) in [6.45, 7) is 5.31. The van der Waals surface area contributed by atoms with E-state index in [1.807, 2.05) is 0 Å². The first-order valence-corrected chi connectivity index (χ1v) is 13.8. The van der Waals surface area contributed by atoms with Crippen LogP contribution in [0, 0.1) is 5.92 Å². The number of unbranched alkanes of at least 4 members (excludes halogenated alkanes) is 1. The zero-order chi connectivity index (χ0) is 22.5. The smallest absolute Gasteiger partial charge is 0.123 e. The van der Waals surface area contributed by atoms with Crippen molar-refractivity contribution in [3.05, 3.63) is 71.8 Å². The van der Waals surface area contributed by atoms with E-state index in [0.717, 1.165) is 29.4 Å². The van der Waals surface area contributed by atoms with Crippen molar-refractivity contribution in [1.82, 2.24) is 4.57 Å². The Bertz CT molecular complexity index is 1140. The number of alkyl halides is 2. The Labute approximate surface area is 208 Å². The Morgan fingerprint density at radius 3 is 2.03 bits per heavy atom. The van der Waals surface area contributed by atoms with Crippen LogP contribution >= 0.6 is 31.9 Å². The molecule has 1 heterocycles. The molecule has 2 nitrogen and oxygen atoms in total. The van der Waals surface area contributed by atoms with Crippen LogP contribution in [0.15, 0.2) is 60.7 Å². The fraction of sp³-hybridized carbons (Fsp3) is 0.357. The third-order valence-electron chi connectivity index (χ3n) is 6.39. The van der Waals surface area contributed by atoms with Gasteiger partial charge in [-0.3, -0.25) is 0 Å². The van der Waals surface area contributed by atoms with E-state index < -0.39 is 0 Å². The molecule has 3 aromatic carbocycles. The van der Waals surface area contributed by atoms with Crippen molar-refractivity contribution in [1.29, 1.82) is 0 Å². The van der Waals surface area contributed by atoms with Crippen molar-refractivity contribution in [3.63, 3.8) is 0 Å². The first-order chi connectivity index (χ1) is 15.7. The summed E-state index contributed by atoms with van der Waals surface area (Å²) in [5, 5.41) is 4.10. The second-order valence-corrected chi connectivity index (χ2v) is 9.57. The average molecular weight is 557 g/mol. The van der Waals surface area contributed by atoms with Crippen molar-refractivity contribution in [2.24, 2.45) is 5.92 Å². The van der Waals surface area contributed by atoms with Gasteiger partial charge in [-0.05, 0) is 42.2 Å². The molecule has 168 valence electrons. The monoisotopic (exact) mass is 555 g/mol. The van der Waals surface area contributed by atoms with Gasteiger partial charge in [0, 0.05) is 27.0 Å². The molecule has 0 amide bonds. The van der Waals surface area contributed by atoms with E-state index in [-0.39, 0.29) is 0 Å². The van der Waals surface area contributed by atoms with E-state index >= 15 is 0 Å². The van der Waals surface area contributed by atoms with Crippen LogP contribution in [0.1, 0.15) is 50.7 Å². The number of halogens is 2. The van der Waals surface area contributed by atoms with E-state index in [1.54, 1.807) is 0 Å². The number of ether oxygens (including phenoxy) is 1. The summed E-state index contributed by atoms with van der Waals surface area (Å²) in [6, 6.07) is 21.9. The van der Waals surface area contributed by atoms with Gasteiger partial charge in [0.1, 0.15) is 5.75 Å². The van der Waals surface area contributed by atoms with Gasteiger partial charge in [-0.25, -0.2) is 0 Å². The minimum atomic E-state index is 0.613. The summed E-state index contributed by atoms with van der Waals surface area (Å²) >= 11 is 7.47. The molecule has 4 aromatic rings. The summed E-state index contributed by atoms with van der Waals surface area (Å²) in [4.78, 5) is 0. The van der Waals surface area contributed by atoms with Crippen molar-refractivity contribution in [2.75, 3.05) is 6.61 Å². The van der Waals surface area contributed by atoms with Gasteiger partial charge in [-0.15, -0.1) is 0 Å². The third-order valence-corrected chi connectivity index (χ3v) is 7.60. The quantitative estimate of drug-likeness (QED) is 0.177. The van der Waals surface area contributed by atoms with Gasteiger partial charge in [0.25, 0.3) is 0 Å². The van der Waals surface area contributed by atoms with Gasteiger partial charge in [0.2, 0.25) is 0 Å². The van der Waals surface area contributed by atoms with Crippen LogP contribution in [-0.4, -0.2) is 11.2 Å². The van der Waals surface area contributed by atoms with Crippen LogP contribution in [0.4, 0.5) is 0 Å². The number of hydrogen-bond acceptors (Lipinski definition) is 1. The highest BCUT2D eigenvalue weighted by molar-refractivity contribution is 9.08. The minimum absolute atomic E-state index is 0.613. The molecule has 0 bridgehead atoms. The average Bonchev–Trinajstić information content (AvgIpc) is 3.18. The molecule has 0 saturated heterocycles. The molecule has 0 aliphatic heterocycles. The molecule has 4 rings (SSSR count). The molecule has 1 unspecified atom stereocenters. The minimum Gasteiger partial charge on any atom is -0.493 e. The maximum absolute atomic E-state index is 6.41. The zero-order valence-electron chi connectivity index (χ0n) is 18.9. The van der Waals surface area contributed by atoms with Crippen molar-refractivity contribution in [2.45, 2.75) is 50.2 Å². The highest BCUT2D eigenvalue weighted by Crippen LogP contribution is 2.36. The highest BCUT2D eigenvalue weighted by atomic mass is 79.9. The fourth-order valence-electron chi connectivity index (χ4n) is 4.50. The predicted molar refractivity (Wildman–Crippen MR) is 145 cm³/mol. The fourth-order valence-corrected chi connectivity index (χ4v) is 5.38. The molecule has 0 N–H and O–H groups in total. The maximum Gasteiger partial charge on any atom is 0.123 e. The van der Waals surface area contributed by atoms with E-state index in [0.29, 0.717) is 5.92 Å². The zero-order valence-corrected chi connectivity index (χ0v) is 22.1. The third kappa shape index (κ3) is 4.63. The Kier molecular flexibility index (Phi) is 7.96. The van der Waals surface area contributed by atoms with Gasteiger partial charge in [0.05, 0.1) is 23.3 Å². The first kappa shape index (κ1) is 23.4. The molecule has 1 aromatic heterocycles. The standard InChI is InChI=1S/C28H31Br2NO/c1-3-5-10-20(4-2)19-32-28-16-21(17-29)27(15-22(28)18-30)31-25-13-8-6-11-23(25)24-12-7-9-14-26(24)31/h6-9,11-16,20H,3-5,10,17-19H2,1-2H3. The molecular weight excluding hydrogens is 526 g/mol. The second-order valence-electron chi connectivity index (χ2n) is 8.45. The Hall–Kier alpha value is -1.78. The number of aromatic nitrogens is 1. The van der Waals surface area contributed by atoms with Gasteiger partial charge >= 0.3 is 0 Å². The number of hydrogen-bond donors (Lipinski definition) is 0. The van der Waals surface area contributed by atoms with Crippen molar-refractivity contribution in [3.8, 4) is 11.4 Å². The van der Waals surface area contributed by atoms with Crippen LogP contribution in [0.5, 0.6) is 5.75 Å². The molecule has 0 saturated carbocycles. The Balaban J connectivity index is 1.79. The summed E-state index contributed by atoms with van der Waals surface area (Å²) in [5.74, 6) is 1.61. The van der Waals surface area contributed by atoms with E-state index in [9.17, 15) is 0 Å². The van der Waals surface area contributed by atoms with Crippen LogP contribution in [-0.2, 0) is 10.7 Å².